The fourth-order valence-electron chi connectivity index (χ4n) is 9.47. The maximum atomic E-state index is 14.4. The van der Waals surface area contributed by atoms with E-state index in [2.05, 4.69) is 10.2 Å². The molecule has 5 N–H and O–H groups in total. The van der Waals surface area contributed by atoms with Crippen LogP contribution in [0.2, 0.25) is 0 Å². The standard InChI is InChI=1S/C44H81N3O14/c1-16-31-44(12,54)36(50)28(8)39(51)45-24(4)22-42(10,53)37(61-41-34(49)30(46(13)14)21-25(5)56-41)26(6)35(27(7)40(52)58-31)60-33-23-43(11,55-15)38(29(9)57-33)59-32(48)19-20-47(17-2)18-3/h24-31,33-38,41,49-50,53-54H,16-23H2,1-15H3,(H,45,51)/t24-,25-,26+,27-,28-,29+,30+,31-,33+,34-,35+,36-,37-,38+,41+,42-,43-,44-/m1/s1. The number of carbonyl (C=O) groups excluding carboxylic acids is 3. The summed E-state index contributed by atoms with van der Waals surface area (Å²) in [4.78, 5) is 45.1. The average molecular weight is 876 g/mol. The fourth-order valence-corrected chi connectivity index (χ4v) is 9.47. The van der Waals surface area contributed by atoms with Gasteiger partial charge in [-0.2, -0.15) is 0 Å². The monoisotopic (exact) mass is 876 g/mol. The number of aliphatic hydroxyl groups is 4. The van der Waals surface area contributed by atoms with Gasteiger partial charge in [0.15, 0.2) is 18.7 Å². The highest BCUT2D eigenvalue weighted by molar-refractivity contribution is 5.79. The molecular formula is C44H81N3O14. The molecule has 0 unspecified atom stereocenters. The zero-order chi connectivity index (χ0) is 46.4. The molecule has 0 bridgehead atoms. The van der Waals surface area contributed by atoms with Crippen LogP contribution in [0.4, 0.5) is 0 Å². The van der Waals surface area contributed by atoms with Crippen LogP contribution < -0.4 is 5.32 Å². The first-order valence-corrected chi connectivity index (χ1v) is 22.3. The van der Waals surface area contributed by atoms with Crippen LogP contribution in [0.5, 0.6) is 0 Å². The average Bonchev–Trinajstić information content (AvgIpc) is 3.18. The Morgan fingerprint density at radius 1 is 0.902 bits per heavy atom. The minimum Gasteiger partial charge on any atom is -0.459 e. The fraction of sp³-hybridized carbons (Fsp3) is 0.932. The van der Waals surface area contributed by atoms with Crippen LogP contribution >= 0.6 is 0 Å². The molecule has 0 spiro atoms. The van der Waals surface area contributed by atoms with Crippen molar-refractivity contribution in [2.45, 2.75) is 205 Å². The lowest BCUT2D eigenvalue weighted by Crippen LogP contribution is -2.61. The number of esters is 2. The quantitative estimate of drug-likeness (QED) is 0.168. The number of carbonyl (C=O) groups is 3. The van der Waals surface area contributed by atoms with Crippen LogP contribution in [0.1, 0.15) is 115 Å². The summed E-state index contributed by atoms with van der Waals surface area (Å²) in [5.74, 6) is -4.91. The second-order valence-corrected chi connectivity index (χ2v) is 18.8. The number of hydrogen-bond acceptors (Lipinski definition) is 16. The van der Waals surface area contributed by atoms with E-state index in [0.29, 0.717) is 13.0 Å². The lowest BCUT2D eigenvalue weighted by atomic mass is 9.78. The Morgan fingerprint density at radius 2 is 1.52 bits per heavy atom. The first-order valence-electron chi connectivity index (χ1n) is 22.3. The van der Waals surface area contributed by atoms with Crippen molar-refractivity contribution in [2.75, 3.05) is 40.8 Å². The molecule has 3 aliphatic heterocycles. The third kappa shape index (κ3) is 13.0. The van der Waals surface area contributed by atoms with Gasteiger partial charge in [0.05, 0.1) is 54.4 Å². The Hall–Kier alpha value is -2.03. The number of cyclic esters (lactones) is 1. The first kappa shape index (κ1) is 53.3. The van der Waals surface area contributed by atoms with Gasteiger partial charge in [-0.3, -0.25) is 14.4 Å². The number of hydrogen-bond donors (Lipinski definition) is 5. The van der Waals surface area contributed by atoms with E-state index in [9.17, 15) is 34.8 Å². The van der Waals surface area contributed by atoms with Crippen molar-refractivity contribution in [3.8, 4) is 0 Å². The number of methoxy groups -OCH3 is 1. The van der Waals surface area contributed by atoms with Crippen LogP contribution in [-0.2, 0) is 47.5 Å². The van der Waals surface area contributed by atoms with Gasteiger partial charge in [0, 0.05) is 38.1 Å². The summed E-state index contributed by atoms with van der Waals surface area (Å²) >= 11 is 0. The topological polar surface area (TPSA) is 215 Å². The van der Waals surface area contributed by atoms with E-state index in [0.717, 1.165) is 13.1 Å². The Bertz CT molecular complexity index is 1410. The molecule has 356 valence electrons. The Morgan fingerprint density at radius 3 is 2.08 bits per heavy atom. The molecule has 3 saturated heterocycles. The lowest BCUT2D eigenvalue weighted by Gasteiger charge is -2.49. The van der Waals surface area contributed by atoms with Gasteiger partial charge in [0.25, 0.3) is 0 Å². The summed E-state index contributed by atoms with van der Waals surface area (Å²) in [5, 5.41) is 50.1. The summed E-state index contributed by atoms with van der Waals surface area (Å²) in [6.45, 7) is 22.7. The summed E-state index contributed by atoms with van der Waals surface area (Å²) in [6.07, 6.45) is -9.66. The van der Waals surface area contributed by atoms with Crippen molar-refractivity contribution >= 4 is 17.8 Å². The predicted octanol–water partition coefficient (Wildman–Crippen LogP) is 2.37. The SMILES string of the molecule is CC[C@H]1OC(=O)[C@H](C)[C@@H](O[C@H]2C[C@@](C)(OC)[C@@H](OC(=O)CCN(CC)CC)[C@H](C)O2)[C@H](C)[C@@H](O[C@@H]2O[C@H](C)C[C@H](N(C)C)[C@H]2O)[C@](C)(O)C[C@@H](C)NC(=O)[C@H](C)[C@@H](O)[C@]1(C)O. The Kier molecular flexibility index (Phi) is 19.4. The molecule has 61 heavy (non-hydrogen) atoms. The van der Waals surface area contributed by atoms with Gasteiger partial charge in [-0.1, -0.05) is 34.6 Å². The summed E-state index contributed by atoms with van der Waals surface area (Å²) in [5.41, 5.74) is -4.91. The van der Waals surface area contributed by atoms with Gasteiger partial charge in [0.1, 0.15) is 23.4 Å². The normalized spacial score (nSPS) is 43.6. The molecule has 0 aromatic carbocycles. The van der Waals surface area contributed by atoms with Crippen molar-refractivity contribution < 1.29 is 68.0 Å². The second-order valence-electron chi connectivity index (χ2n) is 18.8. The molecule has 0 aromatic heterocycles. The molecule has 0 saturated carbocycles. The molecule has 17 heteroatoms. The van der Waals surface area contributed by atoms with Gasteiger partial charge >= 0.3 is 11.9 Å². The lowest BCUT2D eigenvalue weighted by molar-refractivity contribution is -0.318. The molecule has 3 rings (SSSR count). The number of likely N-dealkylation sites (N-methyl/N-ethyl adjacent to an activating group) is 1. The molecule has 1 amide bonds. The highest BCUT2D eigenvalue weighted by Gasteiger charge is 2.54. The minimum atomic E-state index is -2.04. The number of nitrogens with zero attached hydrogens (tertiary/aromatic N) is 2. The molecule has 18 atom stereocenters. The van der Waals surface area contributed by atoms with Crippen molar-refractivity contribution in [3.05, 3.63) is 0 Å². The number of aliphatic hydroxyl groups excluding tert-OH is 2. The maximum absolute atomic E-state index is 14.4. The predicted molar refractivity (Wildman–Crippen MR) is 226 cm³/mol. The number of ether oxygens (including phenoxy) is 7. The minimum absolute atomic E-state index is 0.0701. The molecule has 0 aliphatic carbocycles. The number of rotatable bonds is 13. The molecular weight excluding hydrogens is 794 g/mol. The largest absolute Gasteiger partial charge is 0.459 e. The van der Waals surface area contributed by atoms with Crippen LogP contribution in [0.15, 0.2) is 0 Å². The van der Waals surface area contributed by atoms with Crippen LogP contribution in [0.3, 0.4) is 0 Å². The van der Waals surface area contributed by atoms with Crippen molar-refractivity contribution in [1.82, 2.24) is 15.1 Å². The summed E-state index contributed by atoms with van der Waals surface area (Å²) in [6, 6.07) is -1.03. The van der Waals surface area contributed by atoms with E-state index in [4.69, 9.17) is 33.2 Å². The van der Waals surface area contributed by atoms with Crippen LogP contribution in [0.25, 0.3) is 0 Å². The van der Waals surface area contributed by atoms with E-state index in [1.165, 1.54) is 21.0 Å². The smallest absolute Gasteiger partial charge is 0.311 e. The first-order chi connectivity index (χ1) is 28.3. The molecule has 3 aliphatic rings. The van der Waals surface area contributed by atoms with E-state index >= 15 is 0 Å². The zero-order valence-electron chi connectivity index (χ0n) is 39.6. The number of nitrogens with one attached hydrogen (secondary N) is 1. The molecule has 17 nitrogen and oxygen atoms in total. The van der Waals surface area contributed by atoms with E-state index < -0.39 is 114 Å². The highest BCUT2D eigenvalue weighted by atomic mass is 16.7. The van der Waals surface area contributed by atoms with E-state index in [1.54, 1.807) is 48.5 Å². The highest BCUT2D eigenvalue weighted by Crippen LogP contribution is 2.40. The van der Waals surface area contributed by atoms with Crippen molar-refractivity contribution in [3.63, 3.8) is 0 Å². The maximum Gasteiger partial charge on any atom is 0.311 e. The van der Waals surface area contributed by atoms with Gasteiger partial charge in [-0.05, 0) is 94.9 Å². The van der Waals surface area contributed by atoms with E-state index in [-0.39, 0.29) is 37.8 Å². The van der Waals surface area contributed by atoms with Crippen molar-refractivity contribution in [1.29, 1.82) is 0 Å². The number of amides is 1. The Balaban J connectivity index is 2.13. The second kappa shape index (κ2) is 22.2. The van der Waals surface area contributed by atoms with Crippen LogP contribution in [-0.4, -0.2) is 179 Å². The molecule has 0 radical (unpaired) electrons. The Labute approximate surface area is 364 Å². The van der Waals surface area contributed by atoms with Gasteiger partial charge in [-0.25, -0.2) is 0 Å². The summed E-state index contributed by atoms with van der Waals surface area (Å²) in [7, 11) is 5.22. The van der Waals surface area contributed by atoms with Gasteiger partial charge in [-0.15, -0.1) is 0 Å². The summed E-state index contributed by atoms with van der Waals surface area (Å²) < 4.78 is 44.2. The third-order valence-corrected chi connectivity index (χ3v) is 13.4. The molecule has 0 aromatic rings. The third-order valence-electron chi connectivity index (χ3n) is 13.4. The van der Waals surface area contributed by atoms with Crippen molar-refractivity contribution in [2.24, 2.45) is 17.8 Å². The van der Waals surface area contributed by atoms with Gasteiger partial charge in [0.2, 0.25) is 5.91 Å². The van der Waals surface area contributed by atoms with Crippen LogP contribution in [0, 0.1) is 17.8 Å². The molecule has 3 heterocycles. The van der Waals surface area contributed by atoms with E-state index in [1.807, 2.05) is 39.8 Å². The zero-order valence-corrected chi connectivity index (χ0v) is 39.6. The van der Waals surface area contributed by atoms with Gasteiger partial charge < -0.3 is 68.7 Å². The molecule has 3 fully saturated rings.